The Labute approximate surface area is 192 Å². The van der Waals surface area contributed by atoms with Crippen LogP contribution < -0.4 is 4.90 Å². The minimum atomic E-state index is -0.248. The van der Waals surface area contributed by atoms with Gasteiger partial charge in [0, 0.05) is 36.0 Å². The number of alkyl halides is 1. The molecule has 1 N–H and O–H groups in total. The lowest BCUT2D eigenvalue weighted by molar-refractivity contribution is -0.133. The second-order valence-electron chi connectivity index (χ2n) is 8.44. The van der Waals surface area contributed by atoms with Gasteiger partial charge in [-0.25, -0.2) is 4.85 Å². The van der Waals surface area contributed by atoms with Crippen molar-refractivity contribution in [3.8, 4) is 0 Å². The normalized spacial score (nSPS) is 20.8. The summed E-state index contributed by atoms with van der Waals surface area (Å²) >= 11 is 6.02. The summed E-state index contributed by atoms with van der Waals surface area (Å²) in [4.78, 5) is 24.3. The second-order valence-corrected chi connectivity index (χ2v) is 8.71. The maximum absolute atomic E-state index is 12.9. The fourth-order valence-electron chi connectivity index (χ4n) is 5.04. The Bertz CT molecular complexity index is 1190. The number of benzene rings is 2. The van der Waals surface area contributed by atoms with Crippen molar-refractivity contribution < 1.29 is 9.53 Å². The molecule has 164 valence electrons. The average Bonchev–Trinajstić information content (AvgIpc) is 3.20. The lowest BCUT2D eigenvalue weighted by atomic mass is 9.88. The van der Waals surface area contributed by atoms with Crippen LogP contribution in [0.5, 0.6) is 0 Å². The second kappa shape index (κ2) is 8.50. The average molecular weight is 449 g/mol. The number of hydrogen-bond acceptors (Lipinski definition) is 3. The molecule has 7 heteroatoms. The summed E-state index contributed by atoms with van der Waals surface area (Å²) in [5.41, 5.74) is 6.01. The zero-order valence-corrected chi connectivity index (χ0v) is 18.7. The number of hydrogen-bond donors (Lipinski definition) is 1. The largest absolute Gasteiger partial charge is 0.378 e. The monoisotopic (exact) mass is 448 g/mol. The molecule has 1 aromatic heterocycles. The molecular formula is C25H25ClN4O2. The van der Waals surface area contributed by atoms with Crippen LogP contribution in [0.3, 0.4) is 0 Å². The highest BCUT2D eigenvalue weighted by molar-refractivity contribution is 6.27. The Morgan fingerprint density at radius 2 is 1.97 bits per heavy atom. The van der Waals surface area contributed by atoms with Crippen LogP contribution in [0.2, 0.25) is 0 Å². The SMILES string of the molecule is [C-]#[N+]c1ccc2[nH]c3c(c2c1)C[C@H](C)N(C(=O)CCl)[C@H]3c1ccc(N2CCOCC2)cc1. The van der Waals surface area contributed by atoms with Gasteiger partial charge in [0.25, 0.3) is 0 Å². The Hall–Kier alpha value is -3.01. The van der Waals surface area contributed by atoms with Crippen molar-refractivity contribution in [1.29, 1.82) is 0 Å². The maximum atomic E-state index is 12.9. The van der Waals surface area contributed by atoms with Gasteiger partial charge in [-0.05, 0) is 54.1 Å². The fourth-order valence-corrected chi connectivity index (χ4v) is 5.18. The van der Waals surface area contributed by atoms with E-state index in [1.54, 1.807) is 0 Å². The minimum Gasteiger partial charge on any atom is -0.378 e. The highest BCUT2D eigenvalue weighted by Crippen LogP contribution is 2.42. The van der Waals surface area contributed by atoms with Gasteiger partial charge in [0.15, 0.2) is 5.69 Å². The van der Waals surface area contributed by atoms with Crippen molar-refractivity contribution in [2.75, 3.05) is 37.1 Å². The molecule has 3 heterocycles. The van der Waals surface area contributed by atoms with Crippen LogP contribution in [0.4, 0.5) is 11.4 Å². The molecule has 2 aliphatic rings. The number of nitrogens with zero attached hydrogens (tertiary/aromatic N) is 3. The third kappa shape index (κ3) is 3.52. The summed E-state index contributed by atoms with van der Waals surface area (Å²) in [6.45, 7) is 12.7. The Morgan fingerprint density at radius 3 is 2.66 bits per heavy atom. The van der Waals surface area contributed by atoms with Crippen LogP contribution in [0.1, 0.15) is 29.8 Å². The summed E-state index contributed by atoms with van der Waals surface area (Å²) in [5, 5.41) is 1.06. The lowest BCUT2D eigenvalue weighted by Gasteiger charge is -2.41. The van der Waals surface area contributed by atoms with Crippen LogP contribution in [-0.2, 0) is 16.0 Å². The minimum absolute atomic E-state index is 0.00623. The van der Waals surface area contributed by atoms with Gasteiger partial charge in [0.05, 0.1) is 25.8 Å². The number of morpholine rings is 1. The Morgan fingerprint density at radius 1 is 1.22 bits per heavy atom. The number of ether oxygens (including phenoxy) is 1. The molecule has 3 aromatic rings. The first kappa shape index (κ1) is 20.9. The van der Waals surface area contributed by atoms with E-state index < -0.39 is 0 Å². The molecule has 0 aliphatic carbocycles. The first-order chi connectivity index (χ1) is 15.6. The van der Waals surface area contributed by atoms with Gasteiger partial charge in [0.2, 0.25) is 5.91 Å². The predicted molar refractivity (Wildman–Crippen MR) is 127 cm³/mol. The molecule has 0 bridgehead atoms. The first-order valence-electron chi connectivity index (χ1n) is 10.9. The van der Waals surface area contributed by atoms with E-state index in [0.717, 1.165) is 60.6 Å². The number of aromatic nitrogens is 1. The molecule has 0 spiro atoms. The molecule has 0 radical (unpaired) electrons. The smallest absolute Gasteiger partial charge is 0.238 e. The van der Waals surface area contributed by atoms with Gasteiger partial charge < -0.3 is 19.5 Å². The van der Waals surface area contributed by atoms with Gasteiger partial charge in [-0.2, -0.15) is 0 Å². The van der Waals surface area contributed by atoms with Crippen LogP contribution in [-0.4, -0.2) is 54.0 Å². The summed E-state index contributed by atoms with van der Waals surface area (Å²) in [7, 11) is 0. The van der Waals surface area contributed by atoms with Gasteiger partial charge >= 0.3 is 0 Å². The standard InChI is InChI=1S/C25H25ClN4O2/c1-16-13-21-20-14-18(27-2)5-8-22(20)28-24(21)25(30(16)23(31)15-26)17-3-6-19(7-4-17)29-9-11-32-12-10-29/h3-8,14,16,25,28H,9-13,15H2,1H3/t16-,25-/m0/s1. The topological polar surface area (TPSA) is 52.9 Å². The van der Waals surface area contributed by atoms with Crippen molar-refractivity contribution >= 4 is 39.8 Å². The van der Waals surface area contributed by atoms with E-state index in [4.69, 9.17) is 22.9 Å². The highest BCUT2D eigenvalue weighted by atomic mass is 35.5. The third-order valence-corrected chi connectivity index (χ3v) is 6.79. The molecule has 2 aliphatic heterocycles. The maximum Gasteiger partial charge on any atom is 0.238 e. The van der Waals surface area contributed by atoms with Crippen molar-refractivity contribution in [3.63, 3.8) is 0 Å². The van der Waals surface area contributed by atoms with E-state index in [9.17, 15) is 4.79 Å². The van der Waals surface area contributed by atoms with E-state index in [0.29, 0.717) is 5.69 Å². The molecule has 0 saturated carbocycles. The molecule has 0 unspecified atom stereocenters. The van der Waals surface area contributed by atoms with Gasteiger partial charge in [-0.1, -0.05) is 18.2 Å². The third-order valence-electron chi connectivity index (χ3n) is 6.57. The molecule has 6 nitrogen and oxygen atoms in total. The number of carbonyl (C=O) groups excluding carboxylic acids is 1. The van der Waals surface area contributed by atoms with Crippen LogP contribution in [0.15, 0.2) is 42.5 Å². The van der Waals surface area contributed by atoms with Crippen molar-refractivity contribution in [2.45, 2.75) is 25.4 Å². The van der Waals surface area contributed by atoms with Gasteiger partial charge in [-0.15, -0.1) is 11.6 Å². The summed E-state index contributed by atoms with van der Waals surface area (Å²) < 4.78 is 5.47. The van der Waals surface area contributed by atoms with E-state index in [2.05, 4.69) is 45.9 Å². The first-order valence-corrected chi connectivity index (χ1v) is 11.5. The van der Waals surface area contributed by atoms with Crippen LogP contribution >= 0.6 is 11.6 Å². The highest BCUT2D eigenvalue weighted by Gasteiger charge is 2.38. The fraction of sp³-hybridized carbons (Fsp3) is 0.360. The van der Waals surface area contributed by atoms with Crippen LogP contribution in [0, 0.1) is 6.57 Å². The van der Waals surface area contributed by atoms with E-state index in [-0.39, 0.29) is 23.9 Å². The summed E-state index contributed by atoms with van der Waals surface area (Å²) in [6.07, 6.45) is 0.724. The van der Waals surface area contributed by atoms with Crippen molar-refractivity contribution in [2.24, 2.45) is 0 Å². The van der Waals surface area contributed by atoms with E-state index in [1.165, 1.54) is 5.56 Å². The number of rotatable bonds is 3. The Balaban J connectivity index is 1.61. The number of anilines is 1. The summed E-state index contributed by atoms with van der Waals surface area (Å²) in [5.74, 6) is -0.128. The molecule has 5 rings (SSSR count). The van der Waals surface area contributed by atoms with Gasteiger partial charge in [0.1, 0.15) is 5.88 Å². The Kier molecular flexibility index (Phi) is 5.54. The number of aromatic amines is 1. The van der Waals surface area contributed by atoms with E-state index >= 15 is 0 Å². The number of carbonyl (C=O) groups is 1. The van der Waals surface area contributed by atoms with Crippen molar-refractivity contribution in [1.82, 2.24) is 9.88 Å². The molecular weight excluding hydrogens is 424 g/mol. The number of H-pyrrole nitrogens is 1. The molecule has 32 heavy (non-hydrogen) atoms. The molecule has 1 fully saturated rings. The lowest BCUT2D eigenvalue weighted by Crippen LogP contribution is -2.47. The number of nitrogens with one attached hydrogen (secondary N) is 1. The molecule has 1 saturated heterocycles. The number of amides is 1. The van der Waals surface area contributed by atoms with Gasteiger partial charge in [-0.3, -0.25) is 4.79 Å². The number of fused-ring (bicyclic) bond motifs is 3. The van der Waals surface area contributed by atoms with E-state index in [1.807, 2.05) is 23.1 Å². The zero-order chi connectivity index (χ0) is 22.2. The summed E-state index contributed by atoms with van der Waals surface area (Å²) in [6, 6.07) is 14.0. The van der Waals surface area contributed by atoms with Crippen molar-refractivity contribution in [3.05, 3.63) is 70.7 Å². The molecule has 1 amide bonds. The predicted octanol–water partition coefficient (Wildman–Crippen LogP) is 4.66. The van der Waals surface area contributed by atoms with Crippen LogP contribution in [0.25, 0.3) is 15.7 Å². The molecule has 2 aromatic carbocycles. The zero-order valence-electron chi connectivity index (χ0n) is 18.0. The molecule has 2 atom stereocenters. The number of halogens is 1. The quantitative estimate of drug-likeness (QED) is 0.468.